The quantitative estimate of drug-likeness (QED) is 0.837. The first-order valence-corrected chi connectivity index (χ1v) is 5.35. The van der Waals surface area contributed by atoms with Gasteiger partial charge < -0.3 is 9.84 Å². The van der Waals surface area contributed by atoms with Crippen molar-refractivity contribution in [3.8, 4) is 11.3 Å². The first-order chi connectivity index (χ1) is 7.65. The molecule has 0 unspecified atom stereocenters. The van der Waals surface area contributed by atoms with Crippen molar-refractivity contribution < 1.29 is 4.52 Å². The summed E-state index contributed by atoms with van der Waals surface area (Å²) < 4.78 is 5.24. The molecule has 0 aliphatic rings. The van der Waals surface area contributed by atoms with Crippen LogP contribution in [0.1, 0.15) is 16.9 Å². The summed E-state index contributed by atoms with van der Waals surface area (Å²) in [5, 5.41) is 7.28. The molecule has 0 saturated carbocycles. The largest absolute Gasteiger partial charge is 0.383 e. The Bertz CT molecular complexity index is 494. The van der Waals surface area contributed by atoms with Crippen LogP contribution in [0, 0.1) is 20.8 Å². The minimum absolute atomic E-state index is 0.820. The van der Waals surface area contributed by atoms with Crippen LogP contribution in [0.2, 0.25) is 0 Å². The van der Waals surface area contributed by atoms with Gasteiger partial charge in [-0.05, 0) is 31.9 Å². The maximum atomic E-state index is 5.24. The molecule has 2 rings (SSSR count). The van der Waals surface area contributed by atoms with Crippen LogP contribution < -0.4 is 5.32 Å². The number of nitrogens with zero attached hydrogens (tertiary/aromatic N) is 1. The second-order valence-electron chi connectivity index (χ2n) is 3.98. The molecule has 2 aromatic rings. The van der Waals surface area contributed by atoms with Crippen LogP contribution in [0.25, 0.3) is 11.3 Å². The number of benzene rings is 1. The van der Waals surface area contributed by atoms with Gasteiger partial charge in [-0.25, -0.2) is 0 Å². The van der Waals surface area contributed by atoms with Gasteiger partial charge in [0.25, 0.3) is 0 Å². The lowest BCUT2D eigenvalue weighted by Gasteiger charge is -2.08. The van der Waals surface area contributed by atoms with Gasteiger partial charge in [-0.3, -0.25) is 0 Å². The van der Waals surface area contributed by atoms with Gasteiger partial charge in [0.1, 0.15) is 11.4 Å². The van der Waals surface area contributed by atoms with E-state index in [4.69, 9.17) is 4.52 Å². The highest BCUT2D eigenvalue weighted by molar-refractivity contribution is 5.79. The molecule has 0 aliphatic carbocycles. The molecule has 0 fully saturated rings. The second kappa shape index (κ2) is 4.00. The Kier molecular flexibility index (Phi) is 2.69. The highest BCUT2D eigenvalue weighted by Crippen LogP contribution is 2.33. The molecule has 0 radical (unpaired) electrons. The van der Waals surface area contributed by atoms with Crippen molar-refractivity contribution in [3.05, 3.63) is 35.1 Å². The average molecular weight is 216 g/mol. The van der Waals surface area contributed by atoms with Crippen molar-refractivity contribution in [2.24, 2.45) is 0 Å². The summed E-state index contributed by atoms with van der Waals surface area (Å²) in [6.07, 6.45) is 0. The first kappa shape index (κ1) is 10.7. The molecule has 1 aromatic heterocycles. The Morgan fingerprint density at radius 2 is 1.75 bits per heavy atom. The molecule has 0 saturated heterocycles. The van der Waals surface area contributed by atoms with Gasteiger partial charge in [0.15, 0.2) is 5.76 Å². The lowest BCUT2D eigenvalue weighted by molar-refractivity contribution is 0.400. The predicted octanol–water partition coefficient (Wildman–Crippen LogP) is 3.31. The smallest absolute Gasteiger partial charge is 0.157 e. The van der Waals surface area contributed by atoms with E-state index in [1.165, 1.54) is 11.1 Å². The highest BCUT2D eigenvalue weighted by atomic mass is 16.5. The van der Waals surface area contributed by atoms with Crippen LogP contribution in [0.5, 0.6) is 0 Å². The van der Waals surface area contributed by atoms with E-state index < -0.39 is 0 Å². The monoisotopic (exact) mass is 216 g/mol. The van der Waals surface area contributed by atoms with E-state index in [0.717, 1.165) is 22.7 Å². The van der Waals surface area contributed by atoms with E-state index in [1.54, 1.807) is 0 Å². The molecule has 3 heteroatoms. The fraction of sp³-hybridized carbons (Fsp3) is 0.308. The van der Waals surface area contributed by atoms with E-state index >= 15 is 0 Å². The zero-order valence-corrected chi connectivity index (χ0v) is 10.1. The van der Waals surface area contributed by atoms with E-state index in [9.17, 15) is 0 Å². The Balaban J connectivity index is 2.67. The van der Waals surface area contributed by atoms with Gasteiger partial charge in [0.05, 0.1) is 0 Å². The average Bonchev–Trinajstić information content (AvgIpc) is 2.59. The van der Waals surface area contributed by atoms with Crippen molar-refractivity contribution in [1.82, 2.24) is 5.16 Å². The topological polar surface area (TPSA) is 38.1 Å². The van der Waals surface area contributed by atoms with Crippen LogP contribution in [-0.2, 0) is 0 Å². The van der Waals surface area contributed by atoms with Gasteiger partial charge in [-0.2, -0.15) is 0 Å². The van der Waals surface area contributed by atoms with Gasteiger partial charge in [0, 0.05) is 12.6 Å². The number of aryl methyl sites for hydroxylation is 3. The van der Waals surface area contributed by atoms with Gasteiger partial charge in [-0.15, -0.1) is 0 Å². The molecule has 1 aromatic carbocycles. The van der Waals surface area contributed by atoms with Crippen LogP contribution in [0.15, 0.2) is 22.7 Å². The summed E-state index contributed by atoms with van der Waals surface area (Å²) in [6, 6.07) is 6.23. The van der Waals surface area contributed by atoms with Crippen LogP contribution >= 0.6 is 0 Å². The minimum Gasteiger partial charge on any atom is -0.383 e. The number of nitrogens with one attached hydrogen (secondary N) is 1. The summed E-state index contributed by atoms with van der Waals surface area (Å²) in [6.45, 7) is 6.09. The first-order valence-electron chi connectivity index (χ1n) is 5.35. The van der Waals surface area contributed by atoms with Crippen molar-refractivity contribution in [1.29, 1.82) is 0 Å². The molecule has 1 heterocycles. The number of rotatable bonds is 2. The maximum Gasteiger partial charge on any atom is 0.157 e. The lowest BCUT2D eigenvalue weighted by atomic mass is 9.99. The highest BCUT2D eigenvalue weighted by Gasteiger charge is 2.16. The zero-order chi connectivity index (χ0) is 11.7. The zero-order valence-electron chi connectivity index (χ0n) is 10.1. The Hall–Kier alpha value is -1.77. The Labute approximate surface area is 95.5 Å². The Morgan fingerprint density at radius 3 is 2.31 bits per heavy atom. The van der Waals surface area contributed by atoms with Crippen LogP contribution in [0.3, 0.4) is 0 Å². The summed E-state index contributed by atoms with van der Waals surface area (Å²) in [7, 11) is 1.89. The van der Waals surface area contributed by atoms with Crippen LogP contribution in [0.4, 0.5) is 5.69 Å². The number of anilines is 1. The predicted molar refractivity (Wildman–Crippen MR) is 65.7 cm³/mol. The third kappa shape index (κ3) is 1.58. The molecule has 16 heavy (non-hydrogen) atoms. The summed E-state index contributed by atoms with van der Waals surface area (Å²) >= 11 is 0. The molecular formula is C13H16N2O. The summed E-state index contributed by atoms with van der Waals surface area (Å²) in [5.41, 5.74) is 5.45. The lowest BCUT2D eigenvalue weighted by Crippen LogP contribution is -1.94. The normalized spacial score (nSPS) is 10.5. The summed E-state index contributed by atoms with van der Waals surface area (Å²) in [4.78, 5) is 0. The minimum atomic E-state index is 0.820. The summed E-state index contributed by atoms with van der Waals surface area (Å²) in [5.74, 6) is 0.820. The standard InChI is InChI=1S/C13H16N2O/c1-8-6-5-7-9(2)11(8)13-12(14-4)10(3)16-15-13/h5-7,14H,1-4H3. The Morgan fingerprint density at radius 1 is 1.12 bits per heavy atom. The molecular weight excluding hydrogens is 200 g/mol. The third-order valence-electron chi connectivity index (χ3n) is 2.83. The SMILES string of the molecule is CNc1c(-c2c(C)cccc2C)noc1C. The van der Waals surface area contributed by atoms with Gasteiger partial charge >= 0.3 is 0 Å². The number of aromatic nitrogens is 1. The van der Waals surface area contributed by atoms with E-state index in [2.05, 4.69) is 42.5 Å². The van der Waals surface area contributed by atoms with E-state index in [0.29, 0.717) is 0 Å². The molecule has 0 atom stereocenters. The molecule has 3 nitrogen and oxygen atoms in total. The molecule has 0 spiro atoms. The fourth-order valence-corrected chi connectivity index (χ4v) is 2.03. The van der Waals surface area contributed by atoms with Crippen molar-refractivity contribution in [2.75, 3.05) is 12.4 Å². The van der Waals surface area contributed by atoms with E-state index in [1.807, 2.05) is 14.0 Å². The van der Waals surface area contributed by atoms with Crippen molar-refractivity contribution in [2.45, 2.75) is 20.8 Å². The molecule has 0 amide bonds. The van der Waals surface area contributed by atoms with Crippen LogP contribution in [-0.4, -0.2) is 12.2 Å². The fourth-order valence-electron chi connectivity index (χ4n) is 2.03. The molecule has 0 bridgehead atoms. The number of hydrogen-bond acceptors (Lipinski definition) is 3. The third-order valence-corrected chi connectivity index (χ3v) is 2.83. The van der Waals surface area contributed by atoms with E-state index in [-0.39, 0.29) is 0 Å². The van der Waals surface area contributed by atoms with Crippen molar-refractivity contribution >= 4 is 5.69 Å². The molecule has 1 N–H and O–H groups in total. The molecule has 84 valence electrons. The van der Waals surface area contributed by atoms with Gasteiger partial charge in [-0.1, -0.05) is 23.4 Å². The second-order valence-corrected chi connectivity index (χ2v) is 3.98. The van der Waals surface area contributed by atoms with Crippen molar-refractivity contribution in [3.63, 3.8) is 0 Å². The maximum absolute atomic E-state index is 5.24. The van der Waals surface area contributed by atoms with Gasteiger partial charge in [0.2, 0.25) is 0 Å². The number of hydrogen-bond donors (Lipinski definition) is 1. The molecule has 0 aliphatic heterocycles.